The molecule has 0 unspecified atom stereocenters. The van der Waals surface area contributed by atoms with Crippen molar-refractivity contribution in [1.82, 2.24) is 9.97 Å². The maximum Gasteiger partial charge on any atom is 0.247 e. The Morgan fingerprint density at radius 1 is 1.06 bits per heavy atom. The fraction of sp³-hybridized carbons (Fsp3) is 0.269. The van der Waals surface area contributed by atoms with Crippen molar-refractivity contribution < 1.29 is 9.53 Å². The maximum atomic E-state index is 11.6. The van der Waals surface area contributed by atoms with E-state index >= 15 is 0 Å². The second-order valence-corrected chi connectivity index (χ2v) is 9.37. The van der Waals surface area contributed by atoms with E-state index in [1.165, 1.54) is 31.0 Å². The van der Waals surface area contributed by atoms with Gasteiger partial charge >= 0.3 is 0 Å². The fourth-order valence-corrected chi connectivity index (χ4v) is 5.17. The molecule has 2 aliphatic rings. The minimum absolute atomic E-state index is 0.270. The number of fused-ring (bicyclic) bond motifs is 1. The molecule has 5 rings (SSSR count). The zero-order valence-corrected chi connectivity index (χ0v) is 19.7. The summed E-state index contributed by atoms with van der Waals surface area (Å²) in [4.78, 5) is 24.4. The molecule has 1 amide bonds. The van der Waals surface area contributed by atoms with Crippen molar-refractivity contribution in [2.75, 3.05) is 34.4 Å². The summed E-state index contributed by atoms with van der Waals surface area (Å²) in [5.74, 6) is 2.30. The Morgan fingerprint density at radius 2 is 1.88 bits per heavy atom. The van der Waals surface area contributed by atoms with Gasteiger partial charge in [0.15, 0.2) is 0 Å². The van der Waals surface area contributed by atoms with E-state index in [1.54, 1.807) is 23.9 Å². The molecule has 174 valence electrons. The number of benzene rings is 2. The molecule has 3 heterocycles. The summed E-state index contributed by atoms with van der Waals surface area (Å²) in [7, 11) is 0. The first-order valence-electron chi connectivity index (χ1n) is 11.5. The Labute approximate surface area is 203 Å². The summed E-state index contributed by atoms with van der Waals surface area (Å²) in [5, 5.41) is 6.09. The van der Waals surface area contributed by atoms with Gasteiger partial charge in [-0.05, 0) is 61.7 Å². The van der Waals surface area contributed by atoms with Crippen molar-refractivity contribution >= 4 is 40.7 Å². The van der Waals surface area contributed by atoms with Crippen LogP contribution in [0.15, 0.2) is 66.1 Å². The van der Waals surface area contributed by atoms with Gasteiger partial charge in [-0.15, -0.1) is 11.8 Å². The first-order chi connectivity index (χ1) is 16.7. The SMILES string of the molecule is C=CC(=O)Nc1cccc(Oc2nc(Nc3ccc(N4CCCCC4)cc3)nc3c2SCC3)c1. The Balaban J connectivity index is 1.34. The number of amides is 1. The van der Waals surface area contributed by atoms with Crippen molar-refractivity contribution in [3.8, 4) is 11.6 Å². The van der Waals surface area contributed by atoms with Crippen LogP contribution in [0.5, 0.6) is 11.6 Å². The Bertz CT molecular complexity index is 1190. The zero-order valence-electron chi connectivity index (χ0n) is 18.9. The van der Waals surface area contributed by atoms with Crippen LogP contribution in [-0.4, -0.2) is 34.7 Å². The molecule has 0 aliphatic carbocycles. The smallest absolute Gasteiger partial charge is 0.247 e. The molecule has 2 aromatic carbocycles. The number of aryl methyl sites for hydroxylation is 1. The van der Waals surface area contributed by atoms with Crippen molar-refractivity contribution in [3.63, 3.8) is 0 Å². The normalized spacial score (nSPS) is 14.9. The van der Waals surface area contributed by atoms with E-state index in [2.05, 4.69) is 51.4 Å². The highest BCUT2D eigenvalue weighted by atomic mass is 32.2. The van der Waals surface area contributed by atoms with Gasteiger partial charge in [0.05, 0.1) is 10.6 Å². The zero-order chi connectivity index (χ0) is 23.3. The quantitative estimate of drug-likeness (QED) is 0.421. The summed E-state index contributed by atoms with van der Waals surface area (Å²) in [6.45, 7) is 5.73. The van der Waals surface area contributed by atoms with Crippen LogP contribution in [0.3, 0.4) is 0 Å². The third-order valence-corrected chi connectivity index (χ3v) is 6.94. The predicted octanol–water partition coefficient (Wildman–Crippen LogP) is 5.78. The number of nitrogens with zero attached hydrogens (tertiary/aromatic N) is 3. The van der Waals surface area contributed by atoms with E-state index in [1.807, 2.05) is 12.1 Å². The molecule has 2 N–H and O–H groups in total. The molecule has 0 radical (unpaired) electrons. The standard InChI is InChI=1S/C26H27N5O2S/c1-2-23(32)27-19-7-6-8-21(17-19)33-25-24-22(13-16-34-24)29-26(30-25)28-18-9-11-20(12-10-18)31-14-4-3-5-15-31/h2,6-12,17H,1,3-5,13-16H2,(H,27,32)(H,28,29,30). The molecule has 1 saturated heterocycles. The summed E-state index contributed by atoms with van der Waals surface area (Å²) in [6, 6.07) is 15.7. The molecule has 0 saturated carbocycles. The molecule has 3 aromatic rings. The number of aromatic nitrogens is 2. The van der Waals surface area contributed by atoms with Crippen molar-refractivity contribution in [3.05, 3.63) is 66.9 Å². The Hall–Kier alpha value is -3.52. The third kappa shape index (κ3) is 5.17. The molecule has 7 nitrogen and oxygen atoms in total. The molecular weight excluding hydrogens is 446 g/mol. The molecule has 1 aromatic heterocycles. The number of hydrogen-bond donors (Lipinski definition) is 2. The lowest BCUT2D eigenvalue weighted by Gasteiger charge is -2.28. The summed E-state index contributed by atoms with van der Waals surface area (Å²) in [5.41, 5.74) is 3.81. The summed E-state index contributed by atoms with van der Waals surface area (Å²) in [6.07, 6.45) is 5.94. The molecule has 8 heteroatoms. The van der Waals surface area contributed by atoms with Crippen LogP contribution in [0.2, 0.25) is 0 Å². The Morgan fingerprint density at radius 3 is 2.68 bits per heavy atom. The number of nitrogens with one attached hydrogen (secondary N) is 2. The number of piperidine rings is 1. The van der Waals surface area contributed by atoms with E-state index in [-0.39, 0.29) is 5.91 Å². The second-order valence-electron chi connectivity index (χ2n) is 8.27. The lowest BCUT2D eigenvalue weighted by atomic mass is 10.1. The lowest BCUT2D eigenvalue weighted by molar-refractivity contribution is -0.111. The van der Waals surface area contributed by atoms with Gasteiger partial charge in [-0.1, -0.05) is 12.6 Å². The average molecular weight is 474 g/mol. The number of hydrogen-bond acceptors (Lipinski definition) is 7. The number of rotatable bonds is 7. The van der Waals surface area contributed by atoms with E-state index in [0.717, 1.165) is 41.5 Å². The van der Waals surface area contributed by atoms with Gasteiger partial charge in [0.2, 0.25) is 17.7 Å². The Kier molecular flexibility index (Phi) is 6.67. The first kappa shape index (κ1) is 22.3. The molecule has 34 heavy (non-hydrogen) atoms. The number of carbonyl (C=O) groups excluding carboxylic acids is 1. The topological polar surface area (TPSA) is 79.4 Å². The van der Waals surface area contributed by atoms with Crippen molar-refractivity contribution in [1.29, 1.82) is 0 Å². The van der Waals surface area contributed by atoms with Crippen LogP contribution in [-0.2, 0) is 11.2 Å². The van der Waals surface area contributed by atoms with Crippen LogP contribution < -0.4 is 20.3 Å². The number of ether oxygens (including phenoxy) is 1. The second kappa shape index (κ2) is 10.2. The number of thioether (sulfide) groups is 1. The van der Waals surface area contributed by atoms with E-state index < -0.39 is 0 Å². The molecule has 1 fully saturated rings. The van der Waals surface area contributed by atoms with Gasteiger partial charge in [0.25, 0.3) is 0 Å². The van der Waals surface area contributed by atoms with Gasteiger partial charge in [0.1, 0.15) is 5.75 Å². The van der Waals surface area contributed by atoms with E-state index in [0.29, 0.717) is 23.3 Å². The predicted molar refractivity (Wildman–Crippen MR) is 138 cm³/mol. The van der Waals surface area contributed by atoms with Gasteiger partial charge in [0, 0.05) is 48.4 Å². The first-order valence-corrected chi connectivity index (χ1v) is 12.5. The van der Waals surface area contributed by atoms with E-state index in [9.17, 15) is 4.79 Å². The highest BCUT2D eigenvalue weighted by molar-refractivity contribution is 7.99. The number of carbonyl (C=O) groups is 1. The maximum absolute atomic E-state index is 11.6. The van der Waals surface area contributed by atoms with Crippen LogP contribution in [0.4, 0.5) is 23.0 Å². The largest absolute Gasteiger partial charge is 0.438 e. The molecule has 0 bridgehead atoms. The third-order valence-electron chi connectivity index (χ3n) is 5.84. The van der Waals surface area contributed by atoms with Crippen LogP contribution in [0.1, 0.15) is 25.0 Å². The van der Waals surface area contributed by atoms with Crippen LogP contribution >= 0.6 is 11.8 Å². The molecule has 2 aliphatic heterocycles. The van der Waals surface area contributed by atoms with Gasteiger partial charge in [-0.25, -0.2) is 4.98 Å². The minimum atomic E-state index is -0.270. The number of anilines is 4. The molecular formula is C26H27N5O2S. The monoisotopic (exact) mass is 473 g/mol. The van der Waals surface area contributed by atoms with Gasteiger partial charge in [-0.3, -0.25) is 4.79 Å². The average Bonchev–Trinajstić information content (AvgIpc) is 3.34. The van der Waals surface area contributed by atoms with Crippen LogP contribution in [0.25, 0.3) is 0 Å². The molecule has 0 spiro atoms. The summed E-state index contributed by atoms with van der Waals surface area (Å²) < 4.78 is 6.16. The lowest BCUT2D eigenvalue weighted by Crippen LogP contribution is -2.29. The molecule has 0 atom stereocenters. The van der Waals surface area contributed by atoms with Gasteiger partial charge < -0.3 is 20.3 Å². The highest BCUT2D eigenvalue weighted by Crippen LogP contribution is 2.40. The minimum Gasteiger partial charge on any atom is -0.438 e. The van der Waals surface area contributed by atoms with E-state index in [4.69, 9.17) is 9.72 Å². The van der Waals surface area contributed by atoms with Crippen molar-refractivity contribution in [2.24, 2.45) is 0 Å². The van der Waals surface area contributed by atoms with Gasteiger partial charge in [-0.2, -0.15) is 4.98 Å². The fourth-order valence-electron chi connectivity index (χ4n) is 4.14. The summed E-state index contributed by atoms with van der Waals surface area (Å²) >= 11 is 1.70. The van der Waals surface area contributed by atoms with Crippen LogP contribution in [0, 0.1) is 0 Å². The highest BCUT2D eigenvalue weighted by Gasteiger charge is 2.22. The van der Waals surface area contributed by atoms with Crippen molar-refractivity contribution in [2.45, 2.75) is 30.6 Å².